The Kier molecular flexibility index (Phi) is 5.94. The highest BCUT2D eigenvalue weighted by Gasteiger charge is 2.17. The van der Waals surface area contributed by atoms with Crippen LogP contribution in [0, 0.1) is 35.3 Å². The molecule has 2 aromatic carbocycles. The first-order valence-corrected chi connectivity index (χ1v) is 7.89. The third kappa shape index (κ3) is 4.37. The van der Waals surface area contributed by atoms with E-state index in [4.69, 9.17) is 11.6 Å². The zero-order valence-corrected chi connectivity index (χ0v) is 14.8. The van der Waals surface area contributed by atoms with Crippen molar-refractivity contribution in [2.75, 3.05) is 10.6 Å². The van der Waals surface area contributed by atoms with Crippen LogP contribution < -0.4 is 10.6 Å². The Hall–Kier alpha value is -3.37. The van der Waals surface area contributed by atoms with Crippen molar-refractivity contribution in [2.24, 2.45) is 0 Å². The summed E-state index contributed by atoms with van der Waals surface area (Å²) in [7, 11) is 0. The van der Waals surface area contributed by atoms with Gasteiger partial charge in [0.1, 0.15) is 17.3 Å². The molecule has 0 aliphatic rings. The molecule has 0 saturated heterocycles. The molecule has 1 amide bonds. The topological polar surface area (TPSA) is 108 Å². The molecular weight excluding hydrogens is 356 g/mol. The number of nitro benzene ring substituents is 1. The lowest BCUT2D eigenvalue weighted by Crippen LogP contribution is -2.15. The van der Waals surface area contributed by atoms with Crippen molar-refractivity contribution < 1.29 is 9.72 Å². The number of nitrogens with one attached hydrogen (secondary N) is 2. The van der Waals surface area contributed by atoms with Gasteiger partial charge in [-0.05, 0) is 37.1 Å². The van der Waals surface area contributed by atoms with E-state index in [1.165, 1.54) is 24.4 Å². The number of amides is 1. The Bertz CT molecular complexity index is 925. The molecule has 0 unspecified atom stereocenters. The van der Waals surface area contributed by atoms with Gasteiger partial charge >= 0.3 is 0 Å². The molecule has 0 saturated carbocycles. The maximum absolute atomic E-state index is 12.3. The SMILES string of the molecule is Cc1cc(C)c(N/C=C(/C#N)C(=O)Nc2ccccc2[N+](=O)[O-])c(Cl)c1. The Morgan fingerprint density at radius 2 is 2.00 bits per heavy atom. The van der Waals surface area contributed by atoms with Crippen LogP contribution in [0.5, 0.6) is 0 Å². The molecule has 2 rings (SSSR count). The highest BCUT2D eigenvalue weighted by atomic mass is 35.5. The van der Waals surface area contributed by atoms with Crippen molar-refractivity contribution in [3.05, 3.63) is 74.4 Å². The maximum Gasteiger partial charge on any atom is 0.292 e. The second-order valence-electron chi connectivity index (χ2n) is 5.48. The molecule has 0 bridgehead atoms. The second-order valence-corrected chi connectivity index (χ2v) is 5.89. The minimum absolute atomic E-state index is 0.00759. The van der Waals surface area contributed by atoms with Crippen molar-refractivity contribution >= 4 is 34.6 Å². The number of rotatable bonds is 5. The molecule has 7 nitrogen and oxygen atoms in total. The van der Waals surface area contributed by atoms with E-state index in [2.05, 4.69) is 10.6 Å². The average Bonchev–Trinajstić information content (AvgIpc) is 2.57. The van der Waals surface area contributed by atoms with E-state index in [-0.39, 0.29) is 16.9 Å². The highest BCUT2D eigenvalue weighted by Crippen LogP contribution is 2.28. The van der Waals surface area contributed by atoms with E-state index in [9.17, 15) is 20.2 Å². The van der Waals surface area contributed by atoms with Crippen molar-refractivity contribution in [1.29, 1.82) is 5.26 Å². The third-order valence-electron chi connectivity index (χ3n) is 3.51. The lowest BCUT2D eigenvalue weighted by atomic mass is 10.1. The number of nitro groups is 1. The van der Waals surface area contributed by atoms with E-state index in [0.29, 0.717) is 10.7 Å². The fourth-order valence-electron chi connectivity index (χ4n) is 2.32. The van der Waals surface area contributed by atoms with Gasteiger partial charge in [0.2, 0.25) is 0 Å². The smallest absolute Gasteiger partial charge is 0.292 e. The maximum atomic E-state index is 12.3. The van der Waals surface area contributed by atoms with Crippen molar-refractivity contribution in [3.8, 4) is 6.07 Å². The molecule has 26 heavy (non-hydrogen) atoms. The number of nitrogens with zero attached hydrogens (tertiary/aromatic N) is 2. The molecular formula is C18H15ClN4O3. The van der Waals surface area contributed by atoms with E-state index in [1.807, 2.05) is 19.9 Å². The summed E-state index contributed by atoms with van der Waals surface area (Å²) in [6.07, 6.45) is 1.22. The monoisotopic (exact) mass is 370 g/mol. The lowest BCUT2D eigenvalue weighted by Gasteiger charge is -2.10. The first-order valence-electron chi connectivity index (χ1n) is 7.51. The normalized spacial score (nSPS) is 10.8. The molecule has 0 fully saturated rings. The zero-order chi connectivity index (χ0) is 19.3. The number of hydrogen-bond acceptors (Lipinski definition) is 5. The third-order valence-corrected chi connectivity index (χ3v) is 3.80. The van der Waals surface area contributed by atoms with Crippen LogP contribution >= 0.6 is 11.6 Å². The van der Waals surface area contributed by atoms with Gasteiger partial charge < -0.3 is 10.6 Å². The van der Waals surface area contributed by atoms with Crippen LogP contribution in [0.2, 0.25) is 5.02 Å². The predicted octanol–water partition coefficient (Wildman–Crippen LogP) is 4.32. The fraction of sp³-hybridized carbons (Fsp3) is 0.111. The molecule has 0 atom stereocenters. The number of benzene rings is 2. The summed E-state index contributed by atoms with van der Waals surface area (Å²) in [6, 6.07) is 11.1. The number of nitriles is 1. The summed E-state index contributed by atoms with van der Waals surface area (Å²) in [4.78, 5) is 22.7. The van der Waals surface area contributed by atoms with E-state index in [1.54, 1.807) is 18.2 Å². The molecule has 132 valence electrons. The molecule has 0 radical (unpaired) electrons. The number of anilines is 2. The number of carbonyl (C=O) groups is 1. The lowest BCUT2D eigenvalue weighted by molar-refractivity contribution is -0.383. The van der Waals surface area contributed by atoms with Crippen LogP contribution in [-0.2, 0) is 4.79 Å². The molecule has 0 spiro atoms. The van der Waals surface area contributed by atoms with Gasteiger partial charge in [0.25, 0.3) is 11.6 Å². The van der Waals surface area contributed by atoms with E-state index >= 15 is 0 Å². The van der Waals surface area contributed by atoms with Gasteiger partial charge in [0.05, 0.1) is 15.6 Å². The number of halogens is 1. The van der Waals surface area contributed by atoms with Crippen LogP contribution in [0.25, 0.3) is 0 Å². The number of carbonyl (C=O) groups excluding carboxylic acids is 1. The number of hydrogen-bond donors (Lipinski definition) is 2. The van der Waals surface area contributed by atoms with Gasteiger partial charge in [-0.2, -0.15) is 5.26 Å². The predicted molar refractivity (Wildman–Crippen MR) is 100.0 cm³/mol. The van der Waals surface area contributed by atoms with Gasteiger partial charge in [-0.3, -0.25) is 14.9 Å². The standard InChI is InChI=1S/C18H15ClN4O3/c1-11-7-12(2)17(14(19)8-11)21-10-13(9-20)18(24)22-15-5-3-4-6-16(15)23(25)26/h3-8,10,21H,1-2H3,(H,22,24)/b13-10-. The minimum atomic E-state index is -0.768. The largest absolute Gasteiger partial charge is 0.359 e. The summed E-state index contributed by atoms with van der Waals surface area (Å²) in [6.45, 7) is 3.74. The number of aryl methyl sites for hydroxylation is 2. The highest BCUT2D eigenvalue weighted by molar-refractivity contribution is 6.33. The Labute approximate surface area is 155 Å². The first-order chi connectivity index (χ1) is 12.3. The average molecular weight is 371 g/mol. The fourth-order valence-corrected chi connectivity index (χ4v) is 2.70. The summed E-state index contributed by atoms with van der Waals surface area (Å²) in [5.74, 6) is -0.768. The van der Waals surface area contributed by atoms with Crippen LogP contribution in [0.15, 0.2) is 48.2 Å². The van der Waals surface area contributed by atoms with E-state index in [0.717, 1.165) is 11.1 Å². The minimum Gasteiger partial charge on any atom is -0.359 e. The van der Waals surface area contributed by atoms with Crippen LogP contribution in [0.4, 0.5) is 17.1 Å². The zero-order valence-electron chi connectivity index (χ0n) is 14.0. The van der Waals surface area contributed by atoms with Gasteiger partial charge in [-0.15, -0.1) is 0 Å². The van der Waals surface area contributed by atoms with Crippen molar-refractivity contribution in [1.82, 2.24) is 0 Å². The van der Waals surface area contributed by atoms with Gasteiger partial charge in [-0.25, -0.2) is 0 Å². The molecule has 2 aromatic rings. The summed E-state index contributed by atoms with van der Waals surface area (Å²) in [5.41, 5.74) is 1.90. The van der Waals surface area contributed by atoms with Crippen LogP contribution in [0.1, 0.15) is 11.1 Å². The Morgan fingerprint density at radius 1 is 1.31 bits per heavy atom. The Morgan fingerprint density at radius 3 is 2.62 bits per heavy atom. The van der Waals surface area contributed by atoms with Gasteiger partial charge in [0.15, 0.2) is 0 Å². The van der Waals surface area contributed by atoms with Crippen LogP contribution in [0.3, 0.4) is 0 Å². The van der Waals surface area contributed by atoms with Gasteiger partial charge in [0, 0.05) is 12.3 Å². The van der Waals surface area contributed by atoms with Crippen LogP contribution in [-0.4, -0.2) is 10.8 Å². The van der Waals surface area contributed by atoms with Gasteiger partial charge in [-0.1, -0.05) is 29.8 Å². The summed E-state index contributed by atoms with van der Waals surface area (Å²) < 4.78 is 0. The molecule has 0 aromatic heterocycles. The first kappa shape index (κ1) is 19.0. The van der Waals surface area contributed by atoms with Crippen molar-refractivity contribution in [3.63, 3.8) is 0 Å². The Balaban J connectivity index is 2.24. The summed E-state index contributed by atoms with van der Waals surface area (Å²) >= 11 is 6.18. The summed E-state index contributed by atoms with van der Waals surface area (Å²) in [5, 5.41) is 25.9. The van der Waals surface area contributed by atoms with Crippen molar-refractivity contribution in [2.45, 2.75) is 13.8 Å². The molecule has 0 aliphatic carbocycles. The molecule has 2 N–H and O–H groups in total. The van der Waals surface area contributed by atoms with E-state index < -0.39 is 10.8 Å². The quantitative estimate of drug-likeness (QED) is 0.352. The molecule has 8 heteroatoms. The number of para-hydroxylation sites is 2. The molecule has 0 heterocycles. The second kappa shape index (κ2) is 8.14. The molecule has 0 aliphatic heterocycles.